The van der Waals surface area contributed by atoms with Crippen LogP contribution in [-0.2, 0) is 0 Å². The second-order valence-corrected chi connectivity index (χ2v) is 4.37. The summed E-state index contributed by atoms with van der Waals surface area (Å²) in [4.78, 5) is 0. The van der Waals surface area contributed by atoms with Gasteiger partial charge in [0, 0.05) is 0 Å². The van der Waals surface area contributed by atoms with Crippen LogP contribution in [0.25, 0.3) is 0 Å². The molecule has 0 radical (unpaired) electrons. The predicted octanol–water partition coefficient (Wildman–Crippen LogP) is 3.35. The van der Waals surface area contributed by atoms with Crippen LogP contribution in [0.4, 0.5) is 4.39 Å². The molecule has 0 spiro atoms. The van der Waals surface area contributed by atoms with E-state index in [1.807, 2.05) is 12.1 Å². The average Bonchev–Trinajstić information content (AvgIpc) is 2.15. The molecule has 1 unspecified atom stereocenters. The van der Waals surface area contributed by atoms with Gasteiger partial charge in [0.2, 0.25) is 0 Å². The van der Waals surface area contributed by atoms with Crippen molar-refractivity contribution >= 4 is 15.9 Å². The second kappa shape index (κ2) is 4.89. The molecule has 1 nitrogen and oxygen atoms in total. The quantitative estimate of drug-likeness (QED) is 0.886. The van der Waals surface area contributed by atoms with Gasteiger partial charge in [-0.3, -0.25) is 0 Å². The third-order valence-electron chi connectivity index (χ3n) is 2.44. The third-order valence-corrected chi connectivity index (χ3v) is 3.24. The fourth-order valence-corrected chi connectivity index (χ4v) is 2.28. The van der Waals surface area contributed by atoms with Crippen LogP contribution in [0.1, 0.15) is 30.4 Å². The molecule has 1 aromatic carbocycles. The van der Waals surface area contributed by atoms with Crippen molar-refractivity contribution in [2.24, 2.45) is 5.73 Å². The molecular formula is C11H15BrFN. The minimum atomic E-state index is -0.161. The molecule has 3 heteroatoms. The van der Waals surface area contributed by atoms with E-state index in [0.29, 0.717) is 22.5 Å². The lowest BCUT2D eigenvalue weighted by Crippen LogP contribution is -2.06. The van der Waals surface area contributed by atoms with E-state index in [-0.39, 0.29) is 5.82 Å². The first-order chi connectivity index (χ1) is 6.57. The predicted molar refractivity (Wildman–Crippen MR) is 60.9 cm³/mol. The summed E-state index contributed by atoms with van der Waals surface area (Å²) in [6.45, 7) is 4.45. The zero-order valence-electron chi connectivity index (χ0n) is 8.48. The van der Waals surface area contributed by atoms with Gasteiger partial charge in [0.1, 0.15) is 5.82 Å². The maximum Gasteiger partial charge on any atom is 0.140 e. The van der Waals surface area contributed by atoms with E-state index < -0.39 is 0 Å². The zero-order valence-corrected chi connectivity index (χ0v) is 10.1. The summed E-state index contributed by atoms with van der Waals surface area (Å²) in [7, 11) is 0. The molecule has 0 heterocycles. The number of nitrogens with two attached hydrogens (primary N) is 1. The van der Waals surface area contributed by atoms with Crippen LogP contribution in [0.5, 0.6) is 0 Å². The van der Waals surface area contributed by atoms with Crippen LogP contribution >= 0.6 is 15.9 Å². The zero-order chi connectivity index (χ0) is 10.7. The van der Waals surface area contributed by atoms with Crippen molar-refractivity contribution in [3.63, 3.8) is 0 Å². The fourth-order valence-electron chi connectivity index (χ4n) is 1.45. The van der Waals surface area contributed by atoms with E-state index in [9.17, 15) is 4.39 Å². The van der Waals surface area contributed by atoms with E-state index in [0.717, 1.165) is 12.0 Å². The summed E-state index contributed by atoms with van der Waals surface area (Å²) >= 11 is 3.29. The Morgan fingerprint density at radius 3 is 2.71 bits per heavy atom. The number of rotatable bonds is 3. The van der Waals surface area contributed by atoms with Crippen molar-refractivity contribution < 1.29 is 4.39 Å². The monoisotopic (exact) mass is 259 g/mol. The van der Waals surface area contributed by atoms with Gasteiger partial charge >= 0.3 is 0 Å². The van der Waals surface area contributed by atoms with Gasteiger partial charge in [0.25, 0.3) is 0 Å². The van der Waals surface area contributed by atoms with Crippen LogP contribution in [0.15, 0.2) is 16.6 Å². The lowest BCUT2D eigenvalue weighted by Gasteiger charge is -2.14. The van der Waals surface area contributed by atoms with Crippen LogP contribution < -0.4 is 5.73 Å². The van der Waals surface area contributed by atoms with Crippen LogP contribution in [0, 0.1) is 12.7 Å². The summed E-state index contributed by atoms with van der Waals surface area (Å²) < 4.78 is 14.1. The molecule has 0 saturated heterocycles. The average molecular weight is 260 g/mol. The topological polar surface area (TPSA) is 26.0 Å². The van der Waals surface area contributed by atoms with Crippen molar-refractivity contribution in [2.75, 3.05) is 6.54 Å². The molecular weight excluding hydrogens is 245 g/mol. The molecule has 1 rings (SSSR count). The molecule has 0 bridgehead atoms. The van der Waals surface area contributed by atoms with Gasteiger partial charge in [-0.15, -0.1) is 0 Å². The van der Waals surface area contributed by atoms with E-state index in [2.05, 4.69) is 22.9 Å². The Morgan fingerprint density at radius 2 is 2.14 bits per heavy atom. The molecule has 14 heavy (non-hydrogen) atoms. The first-order valence-electron chi connectivity index (χ1n) is 4.72. The second-order valence-electron chi connectivity index (χ2n) is 3.58. The molecule has 1 aromatic rings. The number of aryl methyl sites for hydroxylation is 1. The number of hydrogen-bond donors (Lipinski definition) is 1. The summed E-state index contributed by atoms with van der Waals surface area (Å²) in [5.41, 5.74) is 7.14. The maximum absolute atomic E-state index is 13.5. The summed E-state index contributed by atoms with van der Waals surface area (Å²) in [6.07, 6.45) is 0.876. The SMILES string of the molecule is Cc1ccc(C(C)CCN)c(Br)c1F. The van der Waals surface area contributed by atoms with E-state index in [1.165, 1.54) is 0 Å². The molecule has 0 saturated carbocycles. The minimum absolute atomic E-state index is 0.161. The van der Waals surface area contributed by atoms with Crippen molar-refractivity contribution in [2.45, 2.75) is 26.2 Å². The van der Waals surface area contributed by atoms with Gasteiger partial charge < -0.3 is 5.73 Å². The molecule has 0 amide bonds. The van der Waals surface area contributed by atoms with E-state index in [1.54, 1.807) is 6.92 Å². The molecule has 0 aliphatic carbocycles. The van der Waals surface area contributed by atoms with Crippen LogP contribution in [0.3, 0.4) is 0 Å². The fraction of sp³-hybridized carbons (Fsp3) is 0.455. The van der Waals surface area contributed by atoms with Gasteiger partial charge in [-0.05, 0) is 52.9 Å². The third kappa shape index (κ3) is 2.34. The van der Waals surface area contributed by atoms with Gasteiger partial charge in [0.15, 0.2) is 0 Å². The highest BCUT2D eigenvalue weighted by molar-refractivity contribution is 9.10. The highest BCUT2D eigenvalue weighted by Crippen LogP contribution is 2.30. The Bertz CT molecular complexity index is 325. The molecule has 0 aliphatic heterocycles. The number of halogens is 2. The molecule has 0 aromatic heterocycles. The van der Waals surface area contributed by atoms with Gasteiger partial charge in [-0.25, -0.2) is 4.39 Å². The first kappa shape index (κ1) is 11.7. The van der Waals surface area contributed by atoms with Gasteiger partial charge in [-0.2, -0.15) is 0 Å². The van der Waals surface area contributed by atoms with E-state index >= 15 is 0 Å². The normalized spacial score (nSPS) is 12.9. The lowest BCUT2D eigenvalue weighted by atomic mass is 9.97. The largest absolute Gasteiger partial charge is 0.330 e. The van der Waals surface area contributed by atoms with Gasteiger partial charge in [-0.1, -0.05) is 19.1 Å². The molecule has 1 atom stereocenters. The Kier molecular flexibility index (Phi) is 4.08. The van der Waals surface area contributed by atoms with Crippen molar-refractivity contribution in [1.29, 1.82) is 0 Å². The summed E-state index contributed by atoms with van der Waals surface area (Å²) in [6, 6.07) is 3.77. The van der Waals surface area contributed by atoms with Crippen LogP contribution in [0.2, 0.25) is 0 Å². The molecule has 0 aliphatic rings. The summed E-state index contributed by atoms with van der Waals surface area (Å²) in [5, 5.41) is 0. The Labute approximate surface area is 92.6 Å². The number of hydrogen-bond acceptors (Lipinski definition) is 1. The Hall–Kier alpha value is -0.410. The lowest BCUT2D eigenvalue weighted by molar-refractivity contribution is 0.600. The Morgan fingerprint density at radius 1 is 1.50 bits per heavy atom. The van der Waals surface area contributed by atoms with E-state index in [4.69, 9.17) is 5.73 Å². The summed E-state index contributed by atoms with van der Waals surface area (Å²) in [5.74, 6) is 0.135. The van der Waals surface area contributed by atoms with Crippen molar-refractivity contribution in [1.82, 2.24) is 0 Å². The smallest absolute Gasteiger partial charge is 0.140 e. The van der Waals surface area contributed by atoms with Crippen molar-refractivity contribution in [3.8, 4) is 0 Å². The molecule has 78 valence electrons. The first-order valence-corrected chi connectivity index (χ1v) is 5.51. The van der Waals surface area contributed by atoms with Crippen molar-refractivity contribution in [3.05, 3.63) is 33.5 Å². The Balaban J connectivity index is 3.04. The van der Waals surface area contributed by atoms with Gasteiger partial charge in [0.05, 0.1) is 4.47 Å². The van der Waals surface area contributed by atoms with Crippen LogP contribution in [-0.4, -0.2) is 6.54 Å². The standard InChI is InChI=1S/C11H15BrFN/c1-7(5-6-14)9-4-3-8(2)11(13)10(9)12/h3-4,7H,5-6,14H2,1-2H3. The highest BCUT2D eigenvalue weighted by Gasteiger charge is 2.13. The number of benzene rings is 1. The minimum Gasteiger partial charge on any atom is -0.330 e. The maximum atomic E-state index is 13.5. The molecule has 2 N–H and O–H groups in total. The highest BCUT2D eigenvalue weighted by atomic mass is 79.9. The molecule has 0 fully saturated rings.